The summed E-state index contributed by atoms with van der Waals surface area (Å²) in [5, 5.41) is 41.7. The SMILES string of the molecule is CC(C)(C)OC(=O)N(C(=O)OC(C)(C)C)c1ncc(Br)nc1-c1nnc(-c2ccccc2)o1.N#Cc1cccn1-c1cnc(N)c(-c2nnc(-c3ccccc3)o2)n1.Nc1ncc(Br)nc1-c1nnc(-c2ccccc2)o1.Nc1ncc(Br)nc1C(=O)O. The summed E-state index contributed by atoms with van der Waals surface area (Å²) in [5.74, 6) is 0.768. The van der Waals surface area contributed by atoms with Gasteiger partial charge in [-0.3, -0.25) is 4.57 Å². The maximum Gasteiger partial charge on any atom is 0.425 e. The molecule has 32 heteroatoms. The van der Waals surface area contributed by atoms with E-state index < -0.39 is 29.4 Å². The van der Waals surface area contributed by atoms with Crippen LogP contribution in [0.2, 0.25) is 0 Å². The molecule has 0 saturated heterocycles. The topological polar surface area (TPSA) is 420 Å². The molecular formula is C56H47Br3N20O9. The highest BCUT2D eigenvalue weighted by Crippen LogP contribution is 2.33. The van der Waals surface area contributed by atoms with E-state index in [2.05, 4.69) is 124 Å². The number of nitrogens with zero attached hydrogens (tertiary/aromatic N) is 17. The Bertz CT molecular complexity index is 4260. The number of nitrogen functional groups attached to an aromatic ring is 3. The number of carbonyl (C=O) groups is 3. The minimum atomic E-state index is -1.18. The van der Waals surface area contributed by atoms with Gasteiger partial charge < -0.3 is 45.0 Å². The summed E-state index contributed by atoms with van der Waals surface area (Å²) in [6, 6.07) is 33.5. The Hall–Kier alpha value is -10.8. The normalized spacial score (nSPS) is 10.9. The monoisotopic (exact) mass is 1380 g/mol. The molecule has 0 aliphatic carbocycles. The molecule has 0 atom stereocenters. The van der Waals surface area contributed by atoms with Crippen molar-refractivity contribution in [3.05, 3.63) is 159 Å². The van der Waals surface area contributed by atoms with Gasteiger partial charge in [0, 0.05) is 22.9 Å². The summed E-state index contributed by atoms with van der Waals surface area (Å²) in [5.41, 5.74) is 18.3. The van der Waals surface area contributed by atoms with Gasteiger partial charge in [0.05, 0.1) is 24.8 Å². The van der Waals surface area contributed by atoms with Crippen LogP contribution in [0.5, 0.6) is 0 Å². The van der Waals surface area contributed by atoms with Crippen LogP contribution in [-0.2, 0) is 9.47 Å². The van der Waals surface area contributed by atoms with Gasteiger partial charge in [-0.25, -0.2) is 54.3 Å². The van der Waals surface area contributed by atoms with Crippen molar-refractivity contribution in [2.24, 2.45) is 0 Å². The number of benzene rings is 3. The number of amides is 2. The number of rotatable bonds is 9. The average molecular weight is 1380 g/mol. The molecule has 29 nitrogen and oxygen atoms in total. The summed E-state index contributed by atoms with van der Waals surface area (Å²) in [6.07, 6.45) is 5.39. The van der Waals surface area contributed by atoms with E-state index in [0.717, 1.165) is 11.1 Å². The first-order valence-electron chi connectivity index (χ1n) is 25.4. The van der Waals surface area contributed by atoms with Gasteiger partial charge >= 0.3 is 18.2 Å². The number of carboxylic acids is 1. The Balaban J connectivity index is 0.000000161. The summed E-state index contributed by atoms with van der Waals surface area (Å²) < 4.78 is 30.7. The van der Waals surface area contributed by atoms with Crippen molar-refractivity contribution in [3.63, 3.8) is 0 Å². The second kappa shape index (κ2) is 27.9. The molecule has 11 aromatic rings. The number of nitriles is 1. The Morgan fingerprint density at radius 1 is 0.523 bits per heavy atom. The predicted molar refractivity (Wildman–Crippen MR) is 327 cm³/mol. The fraction of sp³-hybridized carbons (Fsp3) is 0.143. The second-order valence-electron chi connectivity index (χ2n) is 19.5. The van der Waals surface area contributed by atoms with E-state index in [1.165, 1.54) is 24.8 Å². The van der Waals surface area contributed by atoms with Crippen LogP contribution in [0.15, 0.2) is 161 Å². The molecule has 2 amide bonds. The molecule has 0 fully saturated rings. The molecule has 0 spiro atoms. The van der Waals surface area contributed by atoms with E-state index in [1.807, 2.05) is 78.9 Å². The quantitative estimate of drug-likeness (QED) is 0.104. The number of ether oxygens (including phenoxy) is 2. The number of nitrogens with two attached hydrogens (primary N) is 3. The third-order valence-corrected chi connectivity index (χ3v) is 11.8. The lowest BCUT2D eigenvalue weighted by Gasteiger charge is -2.28. The number of aromatic carboxylic acids is 1. The van der Waals surface area contributed by atoms with Crippen molar-refractivity contribution >= 4 is 89.2 Å². The molecule has 0 unspecified atom stereocenters. The van der Waals surface area contributed by atoms with Crippen molar-refractivity contribution in [1.82, 2.24) is 75.0 Å². The predicted octanol–water partition coefficient (Wildman–Crippen LogP) is 11.1. The van der Waals surface area contributed by atoms with E-state index in [0.29, 0.717) is 53.3 Å². The van der Waals surface area contributed by atoms with Gasteiger partial charge in [0.2, 0.25) is 17.7 Å². The van der Waals surface area contributed by atoms with Gasteiger partial charge in [-0.2, -0.15) is 10.2 Å². The van der Waals surface area contributed by atoms with Crippen LogP contribution in [0, 0.1) is 11.3 Å². The molecule has 0 saturated carbocycles. The first-order chi connectivity index (χ1) is 41.9. The fourth-order valence-electron chi connectivity index (χ4n) is 6.98. The number of hydrogen-bond donors (Lipinski definition) is 4. The lowest BCUT2D eigenvalue weighted by Crippen LogP contribution is -2.44. The molecule has 0 bridgehead atoms. The fourth-order valence-corrected chi connectivity index (χ4v) is 7.82. The molecule has 446 valence electrons. The Morgan fingerprint density at radius 2 is 0.909 bits per heavy atom. The molecule has 8 aromatic heterocycles. The average Bonchev–Trinajstić information content (AvgIpc) is 1.92. The summed E-state index contributed by atoms with van der Waals surface area (Å²) >= 11 is 9.45. The van der Waals surface area contributed by atoms with Crippen LogP contribution in [0.3, 0.4) is 0 Å². The highest BCUT2D eigenvalue weighted by Gasteiger charge is 2.37. The highest BCUT2D eigenvalue weighted by molar-refractivity contribution is 9.11. The summed E-state index contributed by atoms with van der Waals surface area (Å²) in [4.78, 5) is 69.6. The molecule has 7 N–H and O–H groups in total. The second-order valence-corrected chi connectivity index (χ2v) is 21.9. The number of carboxylic acid groups (broad SMARTS) is 1. The molecular weight excluding hydrogens is 1340 g/mol. The van der Waals surface area contributed by atoms with Gasteiger partial charge in [0.15, 0.2) is 51.9 Å². The number of anilines is 4. The van der Waals surface area contributed by atoms with E-state index >= 15 is 0 Å². The minimum Gasteiger partial charge on any atom is -0.476 e. The van der Waals surface area contributed by atoms with Crippen LogP contribution in [-0.4, -0.2) is 109 Å². The van der Waals surface area contributed by atoms with Crippen molar-refractivity contribution in [2.45, 2.75) is 52.7 Å². The minimum absolute atomic E-state index is 0.00391. The van der Waals surface area contributed by atoms with Crippen LogP contribution in [0.25, 0.3) is 74.9 Å². The first kappa shape index (κ1) is 63.2. The largest absolute Gasteiger partial charge is 0.476 e. The van der Waals surface area contributed by atoms with Gasteiger partial charge in [-0.15, -0.1) is 30.6 Å². The molecule has 0 aliphatic rings. The number of carbonyl (C=O) groups excluding carboxylic acids is 2. The summed E-state index contributed by atoms with van der Waals surface area (Å²) in [6.45, 7) is 10.1. The Labute approximate surface area is 523 Å². The van der Waals surface area contributed by atoms with Crippen molar-refractivity contribution in [2.75, 3.05) is 22.1 Å². The maximum atomic E-state index is 13.0. The zero-order valence-corrected chi connectivity index (χ0v) is 51.6. The van der Waals surface area contributed by atoms with Gasteiger partial charge in [0.25, 0.3) is 17.7 Å². The van der Waals surface area contributed by atoms with Gasteiger partial charge in [-0.1, -0.05) is 54.6 Å². The number of imide groups is 1. The molecule has 0 aliphatic heterocycles. The molecule has 0 radical (unpaired) electrons. The van der Waals surface area contributed by atoms with Gasteiger partial charge in [-0.05, 0) is 138 Å². The third-order valence-electron chi connectivity index (χ3n) is 10.7. The van der Waals surface area contributed by atoms with Crippen LogP contribution >= 0.6 is 47.8 Å². The highest BCUT2D eigenvalue weighted by atomic mass is 79.9. The Kier molecular flexibility index (Phi) is 20.1. The first-order valence-corrected chi connectivity index (χ1v) is 27.8. The van der Waals surface area contributed by atoms with Crippen molar-refractivity contribution < 1.29 is 42.2 Å². The zero-order valence-electron chi connectivity index (χ0n) is 46.9. The maximum absolute atomic E-state index is 13.0. The molecule has 3 aromatic carbocycles. The van der Waals surface area contributed by atoms with Crippen molar-refractivity contribution in [3.8, 4) is 81.0 Å². The molecule has 11 rings (SSSR count). The van der Waals surface area contributed by atoms with Crippen LogP contribution in [0.1, 0.15) is 57.7 Å². The van der Waals surface area contributed by atoms with Crippen LogP contribution < -0.4 is 22.1 Å². The standard InChI is InChI=1S/C22H24BrN5O5.C17H11N7O.C12H8BrN5O.C5H4BrN3O2/c1-21(2,3)32-19(29)28(20(30)33-22(4,5)6)16-15(25-14(23)12-24-16)18-27-26-17(31-18)13-10-8-7-9-11-13;18-9-12-7-4-8-24(12)13-10-20-15(19)14(21-13)17-23-22-16(25-17)11-5-2-1-3-6-11;13-8-6-15-10(14)9(16-8)12-18-17-11(19-12)7-4-2-1-3-5-7;6-2-1-8-4(7)3(9-2)5(10)11/h7-12H,1-6H3;1-8,10H,(H2,19,20);1-6H,(H2,14,15);1H,(H2,7,8)(H,10,11). The molecule has 88 heavy (non-hydrogen) atoms. The summed E-state index contributed by atoms with van der Waals surface area (Å²) in [7, 11) is 0. The van der Waals surface area contributed by atoms with E-state index in [4.69, 9.17) is 50.3 Å². The number of halogens is 3. The van der Waals surface area contributed by atoms with E-state index in [-0.39, 0.29) is 63.9 Å². The lowest BCUT2D eigenvalue weighted by atomic mass is 10.2. The number of hydrogen-bond acceptors (Lipinski definition) is 26. The lowest BCUT2D eigenvalue weighted by molar-refractivity contribution is 0.0428. The van der Waals surface area contributed by atoms with E-state index in [1.54, 1.807) is 76.6 Å². The number of aromatic nitrogens is 15. The third kappa shape index (κ3) is 16.6. The smallest absolute Gasteiger partial charge is 0.425 e. The molecule has 8 heterocycles. The van der Waals surface area contributed by atoms with Crippen LogP contribution in [0.4, 0.5) is 32.9 Å². The van der Waals surface area contributed by atoms with Crippen molar-refractivity contribution in [1.29, 1.82) is 5.26 Å². The van der Waals surface area contributed by atoms with Gasteiger partial charge in [0.1, 0.15) is 36.8 Å². The zero-order chi connectivity index (χ0) is 63.3. The van der Waals surface area contributed by atoms with E-state index in [9.17, 15) is 14.4 Å². The Morgan fingerprint density at radius 3 is 1.34 bits per heavy atom.